The van der Waals surface area contributed by atoms with Gasteiger partial charge in [-0.2, -0.15) is 0 Å². The Morgan fingerprint density at radius 3 is 2.61 bits per heavy atom. The summed E-state index contributed by atoms with van der Waals surface area (Å²) in [6.07, 6.45) is 4.01. The van der Waals surface area contributed by atoms with Gasteiger partial charge in [-0.15, -0.1) is 10.2 Å². The van der Waals surface area contributed by atoms with Crippen LogP contribution in [0, 0.1) is 0 Å². The molecular weight excluding hydrogens is 232 g/mol. The van der Waals surface area contributed by atoms with Crippen LogP contribution >= 0.6 is 0 Å². The molecule has 1 amide bonds. The van der Waals surface area contributed by atoms with Crippen LogP contribution in [0.2, 0.25) is 0 Å². The highest BCUT2D eigenvalue weighted by atomic mass is 16.2. The predicted octanol–water partition coefficient (Wildman–Crippen LogP) is 0.801. The third-order valence-electron chi connectivity index (χ3n) is 2.52. The third-order valence-corrected chi connectivity index (χ3v) is 2.52. The number of nitrogens with one attached hydrogen (secondary N) is 2. The van der Waals surface area contributed by atoms with Crippen LogP contribution in [0.3, 0.4) is 0 Å². The maximum Gasteiger partial charge on any atom is 0.271 e. The van der Waals surface area contributed by atoms with Crippen molar-refractivity contribution < 1.29 is 9.90 Å². The van der Waals surface area contributed by atoms with E-state index in [-0.39, 0.29) is 12.5 Å². The van der Waals surface area contributed by atoms with Crippen molar-refractivity contribution in [3.63, 3.8) is 0 Å². The van der Waals surface area contributed by atoms with Gasteiger partial charge in [0.05, 0.1) is 0 Å². The lowest BCUT2D eigenvalue weighted by atomic mass is 10.2. The SMILES string of the molecule is CNC(=O)c1ccc(NCCCCCCO)nn1. The fourth-order valence-corrected chi connectivity index (χ4v) is 1.48. The van der Waals surface area contributed by atoms with Gasteiger partial charge in [-0.3, -0.25) is 4.79 Å². The molecule has 0 radical (unpaired) electrons. The van der Waals surface area contributed by atoms with Crippen LogP contribution in [0.1, 0.15) is 36.2 Å². The Morgan fingerprint density at radius 1 is 1.22 bits per heavy atom. The highest BCUT2D eigenvalue weighted by molar-refractivity contribution is 5.91. The summed E-state index contributed by atoms with van der Waals surface area (Å²) in [5, 5.41) is 22.0. The number of unbranched alkanes of at least 4 members (excludes halogenated alkanes) is 3. The molecule has 0 aliphatic carbocycles. The number of carbonyl (C=O) groups is 1. The molecule has 0 saturated heterocycles. The van der Waals surface area contributed by atoms with Crippen LogP contribution in [-0.2, 0) is 0 Å². The van der Waals surface area contributed by atoms with E-state index in [4.69, 9.17) is 5.11 Å². The standard InChI is InChI=1S/C12H20N4O2/c1-13-12(18)10-6-7-11(16-15-10)14-8-4-2-3-5-9-17/h6-7,17H,2-5,8-9H2,1H3,(H,13,18)(H,14,16). The lowest BCUT2D eigenvalue weighted by Gasteiger charge is -2.05. The Morgan fingerprint density at radius 2 is 2.00 bits per heavy atom. The van der Waals surface area contributed by atoms with Gasteiger partial charge in [-0.05, 0) is 25.0 Å². The minimum absolute atomic E-state index is 0.238. The number of carbonyl (C=O) groups excluding carboxylic acids is 1. The van der Waals surface area contributed by atoms with Crippen molar-refractivity contribution in [2.24, 2.45) is 0 Å². The molecule has 1 rings (SSSR count). The van der Waals surface area contributed by atoms with E-state index in [0.717, 1.165) is 32.2 Å². The fraction of sp³-hybridized carbons (Fsp3) is 0.583. The molecule has 3 N–H and O–H groups in total. The van der Waals surface area contributed by atoms with Gasteiger partial charge in [0.25, 0.3) is 5.91 Å². The average molecular weight is 252 g/mol. The number of aliphatic hydroxyl groups is 1. The number of nitrogens with zero attached hydrogens (tertiary/aromatic N) is 2. The molecule has 0 unspecified atom stereocenters. The molecule has 0 atom stereocenters. The number of anilines is 1. The first-order chi connectivity index (χ1) is 8.77. The summed E-state index contributed by atoms with van der Waals surface area (Å²) in [4.78, 5) is 11.2. The Hall–Kier alpha value is -1.69. The smallest absolute Gasteiger partial charge is 0.271 e. The Balaban J connectivity index is 2.25. The van der Waals surface area contributed by atoms with Crippen molar-refractivity contribution in [2.45, 2.75) is 25.7 Å². The summed E-state index contributed by atoms with van der Waals surface area (Å²) in [6, 6.07) is 3.38. The van der Waals surface area contributed by atoms with Gasteiger partial charge in [-0.1, -0.05) is 12.8 Å². The zero-order valence-corrected chi connectivity index (χ0v) is 10.6. The molecule has 1 aromatic heterocycles. The Kier molecular flexibility index (Phi) is 6.71. The van der Waals surface area contributed by atoms with Crippen molar-refractivity contribution >= 4 is 11.7 Å². The lowest BCUT2D eigenvalue weighted by molar-refractivity contribution is 0.0957. The van der Waals surface area contributed by atoms with E-state index in [1.54, 1.807) is 19.2 Å². The van der Waals surface area contributed by atoms with Crippen molar-refractivity contribution in [3.8, 4) is 0 Å². The number of hydrogen-bond donors (Lipinski definition) is 3. The van der Waals surface area contributed by atoms with Crippen LogP contribution in [0.15, 0.2) is 12.1 Å². The normalized spacial score (nSPS) is 10.1. The second-order valence-electron chi connectivity index (χ2n) is 3.95. The molecule has 0 spiro atoms. The molecule has 0 saturated carbocycles. The number of aromatic nitrogens is 2. The largest absolute Gasteiger partial charge is 0.396 e. The zero-order chi connectivity index (χ0) is 13.2. The molecule has 100 valence electrons. The van der Waals surface area contributed by atoms with Crippen molar-refractivity contribution in [3.05, 3.63) is 17.8 Å². The molecule has 0 aliphatic heterocycles. The molecule has 18 heavy (non-hydrogen) atoms. The maximum atomic E-state index is 11.2. The second-order valence-corrected chi connectivity index (χ2v) is 3.95. The van der Waals surface area contributed by atoms with Gasteiger partial charge in [0.15, 0.2) is 5.69 Å². The van der Waals surface area contributed by atoms with Gasteiger partial charge < -0.3 is 15.7 Å². The first kappa shape index (κ1) is 14.4. The third kappa shape index (κ3) is 5.09. The molecule has 0 aromatic carbocycles. The average Bonchev–Trinajstić information content (AvgIpc) is 2.42. The van der Waals surface area contributed by atoms with E-state index in [9.17, 15) is 4.79 Å². The number of aliphatic hydroxyl groups excluding tert-OH is 1. The van der Waals surface area contributed by atoms with Crippen LogP contribution in [0.25, 0.3) is 0 Å². The minimum atomic E-state index is -0.238. The highest BCUT2D eigenvalue weighted by Crippen LogP contribution is 2.04. The first-order valence-electron chi connectivity index (χ1n) is 6.18. The van der Waals surface area contributed by atoms with Gasteiger partial charge in [-0.25, -0.2) is 0 Å². The van der Waals surface area contributed by atoms with Crippen LogP contribution < -0.4 is 10.6 Å². The molecule has 6 heteroatoms. The molecular formula is C12H20N4O2. The van der Waals surface area contributed by atoms with E-state index < -0.39 is 0 Å². The molecule has 0 aliphatic rings. The number of hydrogen-bond acceptors (Lipinski definition) is 5. The Labute approximate surface area is 107 Å². The number of amides is 1. The molecule has 1 heterocycles. The predicted molar refractivity (Wildman–Crippen MR) is 69.5 cm³/mol. The van der Waals surface area contributed by atoms with Crippen molar-refractivity contribution in [1.82, 2.24) is 15.5 Å². The van der Waals surface area contributed by atoms with E-state index in [2.05, 4.69) is 20.8 Å². The zero-order valence-electron chi connectivity index (χ0n) is 10.6. The Bertz CT molecular complexity index is 354. The summed E-state index contributed by atoms with van der Waals surface area (Å²) in [5.41, 5.74) is 0.311. The van der Waals surface area contributed by atoms with Gasteiger partial charge >= 0.3 is 0 Å². The van der Waals surface area contributed by atoms with Gasteiger partial charge in [0.2, 0.25) is 0 Å². The summed E-state index contributed by atoms with van der Waals surface area (Å²) in [6.45, 7) is 1.08. The van der Waals surface area contributed by atoms with E-state index in [1.165, 1.54) is 0 Å². The topological polar surface area (TPSA) is 87.1 Å². The van der Waals surface area contributed by atoms with Crippen LogP contribution in [0.4, 0.5) is 5.82 Å². The van der Waals surface area contributed by atoms with Crippen LogP contribution in [0.5, 0.6) is 0 Å². The van der Waals surface area contributed by atoms with Crippen molar-refractivity contribution in [2.75, 3.05) is 25.5 Å². The van der Waals surface area contributed by atoms with Gasteiger partial charge in [0, 0.05) is 20.2 Å². The van der Waals surface area contributed by atoms with Gasteiger partial charge in [0.1, 0.15) is 5.82 Å². The summed E-state index contributed by atoms with van der Waals surface area (Å²) < 4.78 is 0. The lowest BCUT2D eigenvalue weighted by Crippen LogP contribution is -2.19. The molecule has 1 aromatic rings. The fourth-order valence-electron chi connectivity index (χ4n) is 1.48. The summed E-state index contributed by atoms with van der Waals surface area (Å²) in [7, 11) is 1.56. The number of rotatable bonds is 8. The van der Waals surface area contributed by atoms with Crippen molar-refractivity contribution in [1.29, 1.82) is 0 Å². The monoisotopic (exact) mass is 252 g/mol. The maximum absolute atomic E-state index is 11.2. The van der Waals surface area contributed by atoms with Crippen LogP contribution in [-0.4, -0.2) is 41.4 Å². The molecule has 0 fully saturated rings. The minimum Gasteiger partial charge on any atom is -0.396 e. The van der Waals surface area contributed by atoms with E-state index in [0.29, 0.717) is 11.5 Å². The molecule has 6 nitrogen and oxygen atoms in total. The summed E-state index contributed by atoms with van der Waals surface area (Å²) in [5.74, 6) is 0.433. The second kappa shape index (κ2) is 8.41. The van der Waals surface area contributed by atoms with E-state index >= 15 is 0 Å². The quantitative estimate of drug-likeness (QED) is 0.596. The van der Waals surface area contributed by atoms with E-state index in [1.807, 2.05) is 0 Å². The first-order valence-corrected chi connectivity index (χ1v) is 6.18. The highest BCUT2D eigenvalue weighted by Gasteiger charge is 2.04. The summed E-state index contributed by atoms with van der Waals surface area (Å²) >= 11 is 0. The molecule has 0 bridgehead atoms.